The molecule has 4 nitrogen and oxygen atoms in total. The van der Waals surface area contributed by atoms with Crippen LogP contribution in [0, 0.1) is 12.3 Å². The molecule has 2 heterocycles. The number of nitrogens with zero attached hydrogens (tertiary/aromatic N) is 2. The Kier molecular flexibility index (Phi) is 5.10. The highest BCUT2D eigenvalue weighted by atomic mass is 35.5. The van der Waals surface area contributed by atoms with Crippen LogP contribution < -0.4 is 5.32 Å². The van der Waals surface area contributed by atoms with Crippen LogP contribution in [0.4, 0.5) is 0 Å². The number of aromatic nitrogens is 1. The lowest BCUT2D eigenvalue weighted by molar-refractivity contribution is 0.0511. The fraction of sp³-hybridized carbons (Fsp3) is 0.167. The lowest BCUT2D eigenvalue weighted by Crippen LogP contribution is -2.66. The summed E-state index contributed by atoms with van der Waals surface area (Å²) in [6.45, 7) is 1.50. The Morgan fingerprint density at radius 3 is 2.34 bits per heavy atom. The Morgan fingerprint density at radius 2 is 1.79 bits per heavy atom. The van der Waals surface area contributed by atoms with E-state index in [2.05, 4.69) is 33.3 Å². The number of carbonyl (C=O) groups excluding carboxylic acids is 1. The molecule has 0 spiro atoms. The van der Waals surface area contributed by atoms with Gasteiger partial charge in [0.05, 0.1) is 16.3 Å². The molecule has 2 aromatic carbocycles. The molecule has 1 N–H and O–H groups in total. The summed E-state index contributed by atoms with van der Waals surface area (Å²) in [5.74, 6) is 2.46. The summed E-state index contributed by atoms with van der Waals surface area (Å²) in [4.78, 5) is 19.4. The SMILES string of the molecule is C#Cc1ccc(C(=O)NC2(c3ccc(-c4ccc(Cl)cn4)cc3)CN(C)C2)cc1. The zero-order valence-electron chi connectivity index (χ0n) is 16.0. The van der Waals surface area contributed by atoms with Crippen molar-refractivity contribution < 1.29 is 4.79 Å². The highest BCUT2D eigenvalue weighted by Crippen LogP contribution is 2.32. The van der Waals surface area contributed by atoms with Crippen molar-refractivity contribution >= 4 is 17.5 Å². The van der Waals surface area contributed by atoms with Crippen molar-refractivity contribution in [3.63, 3.8) is 0 Å². The molecule has 29 heavy (non-hydrogen) atoms. The molecule has 144 valence electrons. The van der Waals surface area contributed by atoms with Crippen molar-refractivity contribution in [3.8, 4) is 23.6 Å². The van der Waals surface area contributed by atoms with Gasteiger partial charge in [0.2, 0.25) is 0 Å². The molecule has 0 saturated carbocycles. The van der Waals surface area contributed by atoms with Crippen LogP contribution in [0.1, 0.15) is 21.5 Å². The molecule has 0 atom stereocenters. The van der Waals surface area contributed by atoms with Gasteiger partial charge in [0.15, 0.2) is 0 Å². The van der Waals surface area contributed by atoms with Gasteiger partial charge < -0.3 is 10.2 Å². The number of terminal acetylenes is 1. The molecule has 1 saturated heterocycles. The van der Waals surface area contributed by atoms with Gasteiger partial charge in [-0.3, -0.25) is 9.78 Å². The predicted molar refractivity (Wildman–Crippen MR) is 116 cm³/mol. The minimum absolute atomic E-state index is 0.106. The third-order valence-corrected chi connectivity index (χ3v) is 5.43. The van der Waals surface area contributed by atoms with Crippen LogP contribution in [0.2, 0.25) is 5.02 Å². The molecule has 1 fully saturated rings. The molecule has 0 bridgehead atoms. The molecule has 0 unspecified atom stereocenters. The second-order valence-corrected chi connectivity index (χ2v) is 7.81. The quantitative estimate of drug-likeness (QED) is 0.673. The monoisotopic (exact) mass is 401 g/mol. The Bertz CT molecular complexity index is 1060. The molecule has 1 aliphatic rings. The summed E-state index contributed by atoms with van der Waals surface area (Å²) in [6.07, 6.45) is 7.03. The lowest BCUT2D eigenvalue weighted by atomic mass is 9.82. The van der Waals surface area contributed by atoms with E-state index in [9.17, 15) is 4.79 Å². The first-order valence-corrected chi connectivity index (χ1v) is 9.67. The molecule has 4 rings (SSSR count). The van der Waals surface area contributed by atoms with E-state index in [1.54, 1.807) is 30.5 Å². The number of pyridine rings is 1. The first-order chi connectivity index (χ1) is 14.0. The van der Waals surface area contributed by atoms with Crippen molar-refractivity contribution in [1.29, 1.82) is 0 Å². The number of likely N-dealkylation sites (N-methyl/N-ethyl adjacent to an activating group) is 1. The topological polar surface area (TPSA) is 45.2 Å². The number of halogens is 1. The van der Waals surface area contributed by atoms with Gasteiger partial charge in [-0.05, 0) is 49.0 Å². The van der Waals surface area contributed by atoms with Crippen molar-refractivity contribution in [2.75, 3.05) is 20.1 Å². The average Bonchev–Trinajstić information content (AvgIpc) is 2.73. The van der Waals surface area contributed by atoms with Gasteiger partial charge in [-0.15, -0.1) is 6.42 Å². The van der Waals surface area contributed by atoms with Gasteiger partial charge in [0, 0.05) is 36.0 Å². The van der Waals surface area contributed by atoms with Crippen LogP contribution >= 0.6 is 11.6 Å². The summed E-state index contributed by atoms with van der Waals surface area (Å²) in [7, 11) is 2.04. The van der Waals surface area contributed by atoms with Crippen LogP contribution in [-0.4, -0.2) is 35.9 Å². The van der Waals surface area contributed by atoms with Gasteiger partial charge in [-0.2, -0.15) is 0 Å². The third kappa shape index (κ3) is 3.88. The first-order valence-electron chi connectivity index (χ1n) is 9.29. The smallest absolute Gasteiger partial charge is 0.252 e. The van der Waals surface area contributed by atoms with Crippen LogP contribution in [0.15, 0.2) is 66.9 Å². The van der Waals surface area contributed by atoms with Gasteiger partial charge >= 0.3 is 0 Å². The van der Waals surface area contributed by atoms with E-state index < -0.39 is 5.54 Å². The normalized spacial score (nSPS) is 15.2. The number of likely N-dealkylation sites (tertiary alicyclic amines) is 1. The zero-order valence-corrected chi connectivity index (χ0v) is 16.8. The van der Waals surface area contributed by atoms with Crippen LogP contribution in [0.5, 0.6) is 0 Å². The number of carbonyl (C=O) groups is 1. The van der Waals surface area contributed by atoms with Crippen molar-refractivity contribution in [1.82, 2.24) is 15.2 Å². The van der Waals surface area contributed by atoms with E-state index in [4.69, 9.17) is 18.0 Å². The zero-order chi connectivity index (χ0) is 20.4. The van der Waals surface area contributed by atoms with Gasteiger partial charge in [0.25, 0.3) is 5.91 Å². The van der Waals surface area contributed by atoms with Crippen LogP contribution in [0.25, 0.3) is 11.3 Å². The number of rotatable bonds is 4. The maximum absolute atomic E-state index is 12.8. The van der Waals surface area contributed by atoms with Crippen molar-refractivity contribution in [2.45, 2.75) is 5.54 Å². The molecule has 5 heteroatoms. The number of hydrogen-bond donors (Lipinski definition) is 1. The molecule has 0 radical (unpaired) electrons. The standard InChI is InChI=1S/C24H20ClN3O/c1-3-17-4-6-19(7-5-17)23(29)27-24(15-28(2)16-24)20-10-8-18(9-11-20)22-13-12-21(25)14-26-22/h1,4-14H,15-16H2,2H3,(H,27,29). The summed E-state index contributed by atoms with van der Waals surface area (Å²) >= 11 is 5.92. The molecule has 1 aromatic heterocycles. The highest BCUT2D eigenvalue weighted by Gasteiger charge is 2.44. The molecule has 0 aliphatic carbocycles. The Morgan fingerprint density at radius 1 is 1.10 bits per heavy atom. The molecular weight excluding hydrogens is 382 g/mol. The Hall–Kier alpha value is -3.13. The molecular formula is C24H20ClN3O. The highest BCUT2D eigenvalue weighted by molar-refractivity contribution is 6.30. The Labute approximate surface area is 175 Å². The predicted octanol–water partition coefficient (Wildman–Crippen LogP) is 3.95. The molecule has 3 aromatic rings. The molecule has 1 amide bonds. The van der Waals surface area contributed by atoms with E-state index in [1.807, 2.05) is 31.3 Å². The van der Waals surface area contributed by atoms with Crippen molar-refractivity contribution in [3.05, 3.63) is 88.6 Å². The number of hydrogen-bond acceptors (Lipinski definition) is 3. The fourth-order valence-electron chi connectivity index (χ4n) is 3.72. The largest absolute Gasteiger partial charge is 0.340 e. The number of benzene rings is 2. The summed E-state index contributed by atoms with van der Waals surface area (Å²) in [6, 6.07) is 19.0. The van der Waals surface area contributed by atoms with Crippen LogP contribution in [-0.2, 0) is 5.54 Å². The first kappa shape index (κ1) is 19.2. The maximum atomic E-state index is 12.8. The van der Waals surface area contributed by atoms with E-state index in [0.717, 1.165) is 35.5 Å². The van der Waals surface area contributed by atoms with E-state index >= 15 is 0 Å². The molecule has 1 aliphatic heterocycles. The lowest BCUT2D eigenvalue weighted by Gasteiger charge is -2.49. The van der Waals surface area contributed by atoms with Gasteiger partial charge in [-0.1, -0.05) is 41.8 Å². The minimum atomic E-state index is -0.414. The van der Waals surface area contributed by atoms with E-state index in [0.29, 0.717) is 10.6 Å². The summed E-state index contributed by atoms with van der Waals surface area (Å²) in [5, 5.41) is 3.84. The third-order valence-electron chi connectivity index (χ3n) is 5.21. The second-order valence-electron chi connectivity index (χ2n) is 7.37. The van der Waals surface area contributed by atoms with Crippen LogP contribution in [0.3, 0.4) is 0 Å². The Balaban J connectivity index is 1.57. The van der Waals surface area contributed by atoms with Crippen molar-refractivity contribution in [2.24, 2.45) is 0 Å². The van der Waals surface area contributed by atoms with Gasteiger partial charge in [0.1, 0.15) is 0 Å². The average molecular weight is 402 g/mol. The maximum Gasteiger partial charge on any atom is 0.252 e. The summed E-state index contributed by atoms with van der Waals surface area (Å²) < 4.78 is 0. The minimum Gasteiger partial charge on any atom is -0.340 e. The van der Waals surface area contributed by atoms with Gasteiger partial charge in [-0.25, -0.2) is 0 Å². The number of nitrogens with one attached hydrogen (secondary N) is 1. The van der Waals surface area contributed by atoms with E-state index in [1.165, 1.54) is 0 Å². The fourth-order valence-corrected chi connectivity index (χ4v) is 3.83. The van der Waals surface area contributed by atoms with E-state index in [-0.39, 0.29) is 5.91 Å². The number of amides is 1. The second kappa shape index (κ2) is 7.71. The summed E-state index contributed by atoms with van der Waals surface area (Å²) in [5.41, 5.74) is 3.87.